The van der Waals surface area contributed by atoms with Crippen molar-refractivity contribution in [1.82, 2.24) is 4.57 Å². The average Bonchev–Trinajstić information content (AvgIpc) is 4.26. The summed E-state index contributed by atoms with van der Waals surface area (Å²) < 4.78 is 9.21. The second-order valence-electron chi connectivity index (χ2n) is 20.2. The molecule has 3 heterocycles. The number of alkyl halides is 1. The molecule has 77 heavy (non-hydrogen) atoms. The third-order valence-electron chi connectivity index (χ3n) is 15.9. The molecule has 1 aliphatic heterocycles. The fourth-order valence-corrected chi connectivity index (χ4v) is 19.9. The van der Waals surface area contributed by atoms with Gasteiger partial charge in [0.05, 0.1) is 0 Å². The van der Waals surface area contributed by atoms with Crippen LogP contribution in [0.2, 0.25) is 0 Å². The van der Waals surface area contributed by atoms with Gasteiger partial charge < -0.3 is 0 Å². The third kappa shape index (κ3) is 7.20. The number of hydrogen-bond acceptors (Lipinski definition) is 2. The Morgan fingerprint density at radius 2 is 0.883 bits per heavy atom. The van der Waals surface area contributed by atoms with Gasteiger partial charge in [-0.2, -0.15) is 0 Å². The van der Waals surface area contributed by atoms with Crippen molar-refractivity contribution in [3.8, 4) is 39.1 Å². The van der Waals surface area contributed by atoms with E-state index in [1.54, 1.807) is 0 Å². The van der Waals surface area contributed by atoms with Crippen LogP contribution in [0.15, 0.2) is 273 Å². The number of hydrogen-bond donors (Lipinski definition) is 0. The summed E-state index contributed by atoms with van der Waals surface area (Å²) in [4.78, 5) is 2.42. The van der Waals surface area contributed by atoms with Gasteiger partial charge in [-0.25, -0.2) is 0 Å². The fourth-order valence-electron chi connectivity index (χ4n) is 12.4. The Kier molecular flexibility index (Phi) is 10.3. The van der Waals surface area contributed by atoms with E-state index in [4.69, 9.17) is 0 Å². The van der Waals surface area contributed by atoms with Crippen molar-refractivity contribution in [2.75, 3.05) is 4.90 Å². The van der Waals surface area contributed by atoms with E-state index in [0.717, 1.165) is 15.8 Å². The number of benzene rings is 13. The molecule has 0 saturated heterocycles. The van der Waals surface area contributed by atoms with Gasteiger partial charge in [-0.05, 0) is 6.07 Å². The van der Waals surface area contributed by atoms with Crippen molar-refractivity contribution >= 4 is 123 Å². The molecule has 15 aromatic rings. The van der Waals surface area contributed by atoms with Crippen molar-refractivity contribution in [2.24, 2.45) is 0 Å². The van der Waals surface area contributed by atoms with Crippen LogP contribution in [-0.4, -0.2) is 4.57 Å². The first kappa shape index (κ1) is 44.5. The Morgan fingerprint density at radius 1 is 0.338 bits per heavy atom. The minimum atomic E-state index is -2.04. The van der Waals surface area contributed by atoms with Crippen LogP contribution in [-0.2, 0) is 4.43 Å². The topological polar surface area (TPSA) is 8.17 Å². The van der Waals surface area contributed by atoms with E-state index >= 15 is 0 Å². The predicted octanol–water partition coefficient (Wildman–Crippen LogP) is 21.1. The summed E-state index contributed by atoms with van der Waals surface area (Å²) in [5.74, 6) is 0. The first-order valence-corrected chi connectivity index (χ1v) is 30.9. The molecule has 13 aromatic carbocycles. The van der Waals surface area contributed by atoms with Crippen LogP contribution >= 0.6 is 31.2 Å². The molecule has 0 atom stereocenters. The molecule has 2 aromatic heterocycles. The van der Waals surface area contributed by atoms with Crippen LogP contribution in [0.3, 0.4) is 0 Å². The fraction of sp³-hybridized carbons (Fsp3) is 0.0137. The number of aromatic nitrogens is 1. The zero-order valence-electron chi connectivity index (χ0n) is 41.9. The molecular formula is C73H47IN2S. The van der Waals surface area contributed by atoms with E-state index < -0.39 is 19.8 Å². The Morgan fingerprint density at radius 3 is 1.65 bits per heavy atom. The predicted molar refractivity (Wildman–Crippen MR) is 339 cm³/mol. The number of rotatable bonds is 8. The molecule has 0 aliphatic carbocycles. The number of fused-ring (bicyclic) bond motifs is 15. The first-order valence-electron chi connectivity index (χ1n) is 26.4. The van der Waals surface area contributed by atoms with Crippen molar-refractivity contribution in [2.45, 2.75) is 4.43 Å². The number of para-hydroxylation sites is 2. The van der Waals surface area contributed by atoms with Gasteiger partial charge in [-0.3, -0.25) is 0 Å². The van der Waals surface area contributed by atoms with E-state index in [0.29, 0.717) is 0 Å². The Bertz CT molecular complexity index is 4810. The molecule has 0 N–H and O–H groups in total. The maximum absolute atomic E-state index is 2.52. The third-order valence-corrected chi connectivity index (χ3v) is 23.5. The number of nitrogens with zero attached hydrogens (tertiary/aromatic N) is 2. The van der Waals surface area contributed by atoms with Gasteiger partial charge in [0.25, 0.3) is 0 Å². The summed E-state index contributed by atoms with van der Waals surface area (Å²) in [6.45, 7) is 0. The van der Waals surface area contributed by atoms with Crippen molar-refractivity contribution in [3.05, 3.63) is 286 Å². The molecule has 1 aliphatic rings. The second kappa shape index (κ2) is 17.9. The maximum atomic E-state index is 2.52. The molecule has 16 rings (SSSR count). The Labute approximate surface area is 457 Å². The standard InChI is InChI=1S/C73H47IN2S/c1-3-16-48(17-4-1)51-34-41-70-66(44-51)60-24-11-13-27-69(60)76(70)54-37-40-68-65(45-54)64-43-50(33-39-67(64)74(68)46-47-30-38-59-57-22-8-7-20-55(57)56-21-9-10-23-58(56)63(59)42-47)49-31-35-53(36-32-49)75(52-18-5-2-6-19-52)71-28-15-26-62-61-25-12-14-29-72(61)77-73(62)71/h1-45H,46H2. The monoisotopic (exact) mass is 1110 g/mol. The van der Waals surface area contributed by atoms with Crippen LogP contribution in [0.4, 0.5) is 17.1 Å². The number of thiophene rings is 1. The molecule has 0 unspecified atom stereocenters. The molecule has 0 spiro atoms. The van der Waals surface area contributed by atoms with Gasteiger partial charge >= 0.3 is 409 Å². The van der Waals surface area contributed by atoms with Gasteiger partial charge in [0.1, 0.15) is 0 Å². The van der Waals surface area contributed by atoms with Gasteiger partial charge in [0.2, 0.25) is 0 Å². The first-order chi connectivity index (χ1) is 38.2. The molecular weight excluding hydrogens is 1060 g/mol. The zero-order valence-corrected chi connectivity index (χ0v) is 44.8. The van der Waals surface area contributed by atoms with E-state index in [-0.39, 0.29) is 0 Å². The molecule has 0 fully saturated rings. The van der Waals surface area contributed by atoms with Crippen molar-refractivity contribution in [1.29, 1.82) is 0 Å². The van der Waals surface area contributed by atoms with Crippen molar-refractivity contribution in [3.63, 3.8) is 0 Å². The number of anilines is 3. The van der Waals surface area contributed by atoms with Gasteiger partial charge in [-0.1, -0.05) is 36.4 Å². The minimum absolute atomic E-state index is 1.05. The van der Waals surface area contributed by atoms with E-state index in [9.17, 15) is 0 Å². The summed E-state index contributed by atoms with van der Waals surface area (Å²) >= 11 is -0.166. The summed E-state index contributed by atoms with van der Waals surface area (Å²) in [6, 6.07) is 102. The van der Waals surface area contributed by atoms with Crippen molar-refractivity contribution < 1.29 is 0 Å². The molecule has 0 radical (unpaired) electrons. The quantitative estimate of drug-likeness (QED) is 0.0836. The average molecular weight is 1110 g/mol. The zero-order chi connectivity index (χ0) is 50.6. The molecule has 2 nitrogen and oxygen atoms in total. The SMILES string of the molecule is c1ccc(-c2ccc3c(c2)c2ccccc2n3-c2ccc3c(c2)-c2cc(-c4ccc(N(c5ccccc5)c5cccc6c5sc5ccccc56)cc4)ccc2I3Cc2ccc3c4ccccc4c4ccccc4c3c2)cc1. The number of halogens is 1. The second-order valence-corrected chi connectivity index (χ2v) is 26.4. The van der Waals surface area contributed by atoms with E-state index in [1.165, 1.54) is 132 Å². The van der Waals surface area contributed by atoms with Gasteiger partial charge in [-0.15, -0.1) is 0 Å². The molecule has 4 heteroatoms. The summed E-state index contributed by atoms with van der Waals surface area (Å²) in [5.41, 5.74) is 16.2. The van der Waals surface area contributed by atoms with Gasteiger partial charge in [0.15, 0.2) is 0 Å². The molecule has 0 amide bonds. The molecule has 0 saturated carbocycles. The summed E-state index contributed by atoms with van der Waals surface area (Å²) in [7, 11) is 0. The molecule has 362 valence electrons. The summed E-state index contributed by atoms with van der Waals surface area (Å²) in [6.07, 6.45) is 0. The van der Waals surface area contributed by atoms with Crippen LogP contribution in [0.5, 0.6) is 0 Å². The van der Waals surface area contributed by atoms with Crippen LogP contribution < -0.4 is 4.90 Å². The Balaban J connectivity index is 0.835. The van der Waals surface area contributed by atoms with Crippen LogP contribution in [0, 0.1) is 7.14 Å². The van der Waals surface area contributed by atoms with Crippen LogP contribution in [0.1, 0.15) is 5.56 Å². The van der Waals surface area contributed by atoms with E-state index in [1.807, 2.05) is 11.3 Å². The normalized spacial score (nSPS) is 12.6. The van der Waals surface area contributed by atoms with Gasteiger partial charge in [0, 0.05) is 10.1 Å². The summed E-state index contributed by atoms with van der Waals surface area (Å²) in [5, 5.41) is 13.1. The van der Waals surface area contributed by atoms with Crippen LogP contribution in [0.25, 0.3) is 113 Å². The van der Waals surface area contributed by atoms with E-state index in [2.05, 4.69) is 282 Å². The Hall–Kier alpha value is -8.81. The molecule has 0 bridgehead atoms.